The van der Waals surface area contributed by atoms with E-state index in [9.17, 15) is 14.9 Å². The molecule has 0 bridgehead atoms. The molecule has 0 atom stereocenters. The number of hydrogen-bond donors (Lipinski definition) is 2. The third-order valence-electron chi connectivity index (χ3n) is 3.59. The van der Waals surface area contributed by atoms with Gasteiger partial charge in [0.05, 0.1) is 4.92 Å². The van der Waals surface area contributed by atoms with Gasteiger partial charge in [-0.05, 0) is 18.9 Å². The van der Waals surface area contributed by atoms with Crippen LogP contribution in [0, 0.1) is 10.1 Å². The van der Waals surface area contributed by atoms with Gasteiger partial charge in [-0.15, -0.1) is 0 Å². The summed E-state index contributed by atoms with van der Waals surface area (Å²) in [7, 11) is 3.40. The summed E-state index contributed by atoms with van der Waals surface area (Å²) in [6.45, 7) is 0.945. The van der Waals surface area contributed by atoms with Crippen LogP contribution in [-0.2, 0) is 0 Å². The fraction of sp³-hybridized carbons (Fsp3) is 0.538. The van der Waals surface area contributed by atoms with E-state index in [-0.39, 0.29) is 17.5 Å². The summed E-state index contributed by atoms with van der Waals surface area (Å²) in [5.41, 5.74) is -0.0451. The van der Waals surface area contributed by atoms with Crippen LogP contribution in [0.15, 0.2) is 12.1 Å². The highest BCUT2D eigenvalue weighted by atomic mass is 16.6. The van der Waals surface area contributed by atoms with Crippen molar-refractivity contribution in [2.24, 2.45) is 0 Å². The second-order valence-corrected chi connectivity index (χ2v) is 5.38. The van der Waals surface area contributed by atoms with Crippen molar-refractivity contribution in [1.29, 1.82) is 0 Å². The third kappa shape index (κ3) is 3.54. The monoisotopic (exact) mass is 309 g/mol. The molecule has 2 N–H and O–H groups in total. The zero-order valence-corrected chi connectivity index (χ0v) is 12.5. The van der Waals surface area contributed by atoms with Crippen LogP contribution in [0.1, 0.15) is 12.8 Å². The molecule has 9 heteroatoms. The maximum Gasteiger partial charge on any atom is 0.407 e. The van der Waals surface area contributed by atoms with Crippen LogP contribution < -0.4 is 10.2 Å². The molecule has 1 amide bonds. The first-order valence-electron chi connectivity index (χ1n) is 6.95. The maximum atomic E-state index is 11.0. The van der Waals surface area contributed by atoms with Crippen molar-refractivity contribution in [2.45, 2.75) is 18.9 Å². The van der Waals surface area contributed by atoms with E-state index in [0.29, 0.717) is 31.7 Å². The van der Waals surface area contributed by atoms with Crippen molar-refractivity contribution in [1.82, 2.24) is 9.88 Å². The molecule has 2 heterocycles. The Morgan fingerprint density at radius 3 is 2.59 bits per heavy atom. The van der Waals surface area contributed by atoms with Gasteiger partial charge >= 0.3 is 11.8 Å². The summed E-state index contributed by atoms with van der Waals surface area (Å²) >= 11 is 0. The summed E-state index contributed by atoms with van der Waals surface area (Å²) in [6, 6.07) is 3.12. The number of anilines is 2. The lowest BCUT2D eigenvalue weighted by atomic mass is 10.1. The number of piperidine rings is 1. The first kappa shape index (κ1) is 15.8. The fourth-order valence-corrected chi connectivity index (χ4v) is 2.42. The maximum absolute atomic E-state index is 11.0. The van der Waals surface area contributed by atoms with Gasteiger partial charge < -0.3 is 20.2 Å². The number of pyridine rings is 1. The van der Waals surface area contributed by atoms with E-state index < -0.39 is 11.0 Å². The lowest BCUT2D eigenvalue weighted by Gasteiger charge is -2.30. The van der Waals surface area contributed by atoms with Crippen LogP contribution in [0.4, 0.5) is 22.1 Å². The van der Waals surface area contributed by atoms with E-state index in [0.717, 1.165) is 0 Å². The number of nitrogens with one attached hydrogen (secondary N) is 1. The van der Waals surface area contributed by atoms with Crippen LogP contribution >= 0.6 is 0 Å². The van der Waals surface area contributed by atoms with E-state index in [2.05, 4.69) is 10.3 Å². The number of nitro groups is 1. The summed E-state index contributed by atoms with van der Waals surface area (Å²) in [6.07, 6.45) is 0.464. The number of carboxylic acid groups (broad SMARTS) is 1. The number of aromatic nitrogens is 1. The van der Waals surface area contributed by atoms with Gasteiger partial charge in [0, 0.05) is 39.3 Å². The Labute approximate surface area is 127 Å². The number of rotatable bonds is 4. The van der Waals surface area contributed by atoms with Crippen LogP contribution in [0.2, 0.25) is 0 Å². The molecule has 1 saturated heterocycles. The van der Waals surface area contributed by atoms with E-state index >= 15 is 0 Å². The molecule has 1 fully saturated rings. The SMILES string of the molecule is CN(C)c1nc(NC2CCN(C(=O)O)CC2)ccc1[N+](=O)[O-]. The first-order chi connectivity index (χ1) is 10.4. The number of carbonyl (C=O) groups is 1. The highest BCUT2D eigenvalue weighted by Crippen LogP contribution is 2.27. The van der Waals surface area contributed by atoms with Gasteiger partial charge in [0.1, 0.15) is 5.82 Å². The molecule has 0 unspecified atom stereocenters. The Kier molecular flexibility index (Phi) is 4.64. The quantitative estimate of drug-likeness (QED) is 0.642. The number of nitrogens with zero attached hydrogens (tertiary/aromatic N) is 4. The molecule has 120 valence electrons. The molecule has 0 aliphatic carbocycles. The second kappa shape index (κ2) is 6.46. The van der Waals surface area contributed by atoms with Crippen molar-refractivity contribution < 1.29 is 14.8 Å². The van der Waals surface area contributed by atoms with Gasteiger partial charge in [0.15, 0.2) is 0 Å². The minimum absolute atomic E-state index is 0.0451. The molecule has 9 nitrogen and oxygen atoms in total. The smallest absolute Gasteiger partial charge is 0.407 e. The van der Waals surface area contributed by atoms with Crippen LogP contribution in [0.3, 0.4) is 0 Å². The van der Waals surface area contributed by atoms with E-state index in [4.69, 9.17) is 5.11 Å². The molecule has 0 saturated carbocycles. The van der Waals surface area contributed by atoms with Gasteiger partial charge in [-0.3, -0.25) is 10.1 Å². The van der Waals surface area contributed by atoms with Crippen molar-refractivity contribution in [3.05, 3.63) is 22.2 Å². The van der Waals surface area contributed by atoms with Crippen LogP contribution in [0.5, 0.6) is 0 Å². The van der Waals surface area contributed by atoms with E-state index in [1.807, 2.05) is 0 Å². The number of hydrogen-bond acceptors (Lipinski definition) is 6. The standard InChI is InChI=1S/C13H19N5O4/c1-16(2)12-10(18(21)22)3-4-11(15-12)14-9-5-7-17(8-6-9)13(19)20/h3-4,9H,5-8H2,1-2H3,(H,14,15)(H,19,20). The molecule has 1 aliphatic rings. The molecule has 1 aromatic rings. The highest BCUT2D eigenvalue weighted by Gasteiger charge is 2.23. The molecule has 2 rings (SSSR count). The van der Waals surface area contributed by atoms with Crippen molar-refractivity contribution in [3.63, 3.8) is 0 Å². The second-order valence-electron chi connectivity index (χ2n) is 5.38. The van der Waals surface area contributed by atoms with Crippen molar-refractivity contribution in [3.8, 4) is 0 Å². The molecule has 1 aromatic heterocycles. The normalized spacial score (nSPS) is 15.5. The Balaban J connectivity index is 2.06. The van der Waals surface area contributed by atoms with Gasteiger partial charge in [0.2, 0.25) is 5.82 Å². The summed E-state index contributed by atoms with van der Waals surface area (Å²) < 4.78 is 0. The van der Waals surface area contributed by atoms with Crippen molar-refractivity contribution in [2.75, 3.05) is 37.4 Å². The molecule has 22 heavy (non-hydrogen) atoms. The van der Waals surface area contributed by atoms with Crippen LogP contribution in [-0.4, -0.2) is 59.2 Å². The van der Waals surface area contributed by atoms with Crippen molar-refractivity contribution >= 4 is 23.4 Å². The molecule has 1 aliphatic heterocycles. The Bertz CT molecular complexity index is 570. The van der Waals surface area contributed by atoms with Gasteiger partial charge in [-0.25, -0.2) is 9.78 Å². The molecule has 0 radical (unpaired) electrons. The average molecular weight is 309 g/mol. The lowest BCUT2D eigenvalue weighted by Crippen LogP contribution is -2.41. The topological polar surface area (TPSA) is 112 Å². The minimum atomic E-state index is -0.901. The lowest BCUT2D eigenvalue weighted by molar-refractivity contribution is -0.384. The van der Waals surface area contributed by atoms with E-state index in [1.54, 1.807) is 25.1 Å². The zero-order valence-electron chi connectivity index (χ0n) is 12.5. The summed E-state index contributed by atoms with van der Waals surface area (Å²) in [4.78, 5) is 28.6. The third-order valence-corrected chi connectivity index (χ3v) is 3.59. The molecular formula is C13H19N5O4. The highest BCUT2D eigenvalue weighted by molar-refractivity contribution is 5.65. The summed E-state index contributed by atoms with van der Waals surface area (Å²) in [5, 5.41) is 23.1. The first-order valence-corrected chi connectivity index (χ1v) is 6.95. The molecular weight excluding hydrogens is 290 g/mol. The Hall–Kier alpha value is -2.58. The predicted molar refractivity (Wildman–Crippen MR) is 81.5 cm³/mol. The largest absolute Gasteiger partial charge is 0.465 e. The zero-order chi connectivity index (χ0) is 16.3. The van der Waals surface area contributed by atoms with Gasteiger partial charge in [0.25, 0.3) is 0 Å². The summed E-state index contributed by atoms with van der Waals surface area (Å²) in [5.74, 6) is 0.848. The minimum Gasteiger partial charge on any atom is -0.465 e. The Morgan fingerprint density at radius 2 is 2.09 bits per heavy atom. The Morgan fingerprint density at radius 1 is 1.45 bits per heavy atom. The van der Waals surface area contributed by atoms with Gasteiger partial charge in [-0.2, -0.15) is 0 Å². The molecule has 0 spiro atoms. The van der Waals surface area contributed by atoms with Crippen LogP contribution in [0.25, 0.3) is 0 Å². The molecule has 0 aromatic carbocycles. The number of likely N-dealkylation sites (tertiary alicyclic amines) is 1. The number of amides is 1. The predicted octanol–water partition coefficient (Wildman–Crippen LogP) is 1.61. The van der Waals surface area contributed by atoms with E-state index in [1.165, 1.54) is 11.0 Å². The van der Waals surface area contributed by atoms with Gasteiger partial charge in [-0.1, -0.05) is 0 Å². The fourth-order valence-electron chi connectivity index (χ4n) is 2.42. The average Bonchev–Trinajstić information content (AvgIpc) is 2.47.